The van der Waals surface area contributed by atoms with Crippen LogP contribution in [-0.2, 0) is 10.2 Å². The first-order valence-electron chi connectivity index (χ1n) is 8.59. The third-order valence-electron chi connectivity index (χ3n) is 4.93. The molecule has 2 heterocycles. The Morgan fingerprint density at radius 1 is 1.14 bits per heavy atom. The Bertz CT molecular complexity index is 526. The Kier molecular flexibility index (Phi) is 4.24. The number of carbonyl (C=O) groups excluding carboxylic acids is 1. The van der Waals surface area contributed by atoms with E-state index in [-0.39, 0.29) is 17.3 Å². The highest BCUT2D eigenvalue weighted by Crippen LogP contribution is 2.39. The van der Waals surface area contributed by atoms with Crippen LogP contribution in [0.5, 0.6) is 0 Å². The topological polar surface area (TPSA) is 59.2 Å². The molecule has 2 aliphatic rings. The number of carbonyl (C=O) groups is 1. The van der Waals surface area contributed by atoms with Gasteiger partial charge in [-0.25, -0.2) is 0 Å². The van der Waals surface area contributed by atoms with Crippen molar-refractivity contribution in [2.45, 2.75) is 70.6 Å². The third-order valence-corrected chi connectivity index (χ3v) is 4.93. The SMILES string of the molecule is CC(C)(C)c1noc([C@H]2CCCC[C@H]2C(=O)N2CCCC2)n1. The van der Waals surface area contributed by atoms with Crippen molar-refractivity contribution < 1.29 is 9.32 Å². The molecule has 1 saturated carbocycles. The van der Waals surface area contributed by atoms with E-state index < -0.39 is 0 Å². The first kappa shape index (κ1) is 15.5. The van der Waals surface area contributed by atoms with Crippen molar-refractivity contribution in [3.05, 3.63) is 11.7 Å². The lowest BCUT2D eigenvalue weighted by molar-refractivity contribution is -0.136. The van der Waals surface area contributed by atoms with Gasteiger partial charge >= 0.3 is 0 Å². The number of rotatable bonds is 2. The number of likely N-dealkylation sites (tertiary alicyclic amines) is 1. The molecular formula is C17H27N3O2. The summed E-state index contributed by atoms with van der Waals surface area (Å²) in [5, 5.41) is 4.14. The minimum atomic E-state index is -0.120. The highest BCUT2D eigenvalue weighted by molar-refractivity contribution is 5.80. The molecule has 1 aliphatic heterocycles. The van der Waals surface area contributed by atoms with Crippen LogP contribution in [0.3, 0.4) is 0 Å². The van der Waals surface area contributed by atoms with E-state index in [1.54, 1.807) is 0 Å². The van der Waals surface area contributed by atoms with Gasteiger partial charge < -0.3 is 9.42 Å². The minimum absolute atomic E-state index is 0.0279. The highest BCUT2D eigenvalue weighted by Gasteiger charge is 2.38. The van der Waals surface area contributed by atoms with Crippen LogP contribution in [0.4, 0.5) is 0 Å². The van der Waals surface area contributed by atoms with Crippen molar-refractivity contribution in [3.8, 4) is 0 Å². The predicted molar refractivity (Wildman–Crippen MR) is 83.5 cm³/mol. The molecule has 0 aromatic carbocycles. The molecule has 1 saturated heterocycles. The van der Waals surface area contributed by atoms with Crippen LogP contribution in [0, 0.1) is 5.92 Å². The second-order valence-electron chi connectivity index (χ2n) is 7.74. The zero-order valence-corrected chi connectivity index (χ0v) is 14.0. The van der Waals surface area contributed by atoms with Gasteiger partial charge in [0.2, 0.25) is 11.8 Å². The lowest BCUT2D eigenvalue weighted by Gasteiger charge is -2.31. The van der Waals surface area contributed by atoms with Crippen LogP contribution in [-0.4, -0.2) is 34.0 Å². The monoisotopic (exact) mass is 305 g/mol. The van der Waals surface area contributed by atoms with Gasteiger partial charge in [0.25, 0.3) is 0 Å². The van der Waals surface area contributed by atoms with Crippen molar-refractivity contribution in [2.75, 3.05) is 13.1 Å². The van der Waals surface area contributed by atoms with Gasteiger partial charge in [0.1, 0.15) is 0 Å². The molecule has 2 atom stereocenters. The van der Waals surface area contributed by atoms with Crippen molar-refractivity contribution in [3.63, 3.8) is 0 Å². The largest absolute Gasteiger partial charge is 0.342 e. The lowest BCUT2D eigenvalue weighted by atomic mass is 9.78. The van der Waals surface area contributed by atoms with Crippen LogP contribution >= 0.6 is 0 Å². The van der Waals surface area contributed by atoms with E-state index in [2.05, 4.69) is 30.9 Å². The summed E-state index contributed by atoms with van der Waals surface area (Å²) in [6.45, 7) is 8.07. The van der Waals surface area contributed by atoms with E-state index >= 15 is 0 Å². The van der Waals surface area contributed by atoms with E-state index in [4.69, 9.17) is 4.52 Å². The molecule has 1 amide bonds. The Hall–Kier alpha value is -1.39. The fourth-order valence-electron chi connectivity index (χ4n) is 3.58. The summed E-state index contributed by atoms with van der Waals surface area (Å²) in [7, 11) is 0. The summed E-state index contributed by atoms with van der Waals surface area (Å²) in [5.41, 5.74) is -0.120. The van der Waals surface area contributed by atoms with E-state index in [0.29, 0.717) is 11.8 Å². The number of hydrogen-bond acceptors (Lipinski definition) is 4. The van der Waals surface area contributed by atoms with Gasteiger partial charge in [-0.05, 0) is 25.7 Å². The molecule has 1 aromatic heterocycles. The standard InChI is InChI=1S/C17H27N3O2/c1-17(2,3)16-18-14(22-19-16)12-8-4-5-9-13(12)15(21)20-10-6-7-11-20/h12-13H,4-11H2,1-3H3/t12-,13+/m0/s1. The van der Waals surface area contributed by atoms with E-state index in [9.17, 15) is 4.79 Å². The molecule has 1 aliphatic carbocycles. The molecule has 0 radical (unpaired) electrons. The predicted octanol–water partition coefficient (Wildman–Crippen LogP) is 3.26. The van der Waals surface area contributed by atoms with Crippen LogP contribution in [0.1, 0.15) is 76.9 Å². The van der Waals surface area contributed by atoms with Crippen molar-refractivity contribution >= 4 is 5.91 Å². The van der Waals surface area contributed by atoms with Crippen LogP contribution in [0.25, 0.3) is 0 Å². The Morgan fingerprint density at radius 3 is 2.45 bits per heavy atom. The molecule has 5 nitrogen and oxygen atoms in total. The second kappa shape index (κ2) is 6.01. The first-order chi connectivity index (χ1) is 10.5. The van der Waals surface area contributed by atoms with Gasteiger partial charge in [0, 0.05) is 24.4 Å². The maximum atomic E-state index is 12.8. The molecule has 0 unspecified atom stereocenters. The molecule has 0 bridgehead atoms. The summed E-state index contributed by atoms with van der Waals surface area (Å²) < 4.78 is 5.54. The molecule has 0 spiro atoms. The van der Waals surface area contributed by atoms with Gasteiger partial charge in [0.05, 0.1) is 5.92 Å². The first-order valence-corrected chi connectivity index (χ1v) is 8.59. The molecule has 0 N–H and O–H groups in total. The van der Waals surface area contributed by atoms with Gasteiger partial charge in [-0.1, -0.05) is 38.8 Å². The number of aromatic nitrogens is 2. The Morgan fingerprint density at radius 2 is 1.82 bits per heavy atom. The summed E-state index contributed by atoms with van der Waals surface area (Å²) in [5.74, 6) is 1.84. The highest BCUT2D eigenvalue weighted by atomic mass is 16.5. The molecule has 22 heavy (non-hydrogen) atoms. The van der Waals surface area contributed by atoms with E-state index in [1.807, 2.05) is 4.90 Å². The molecule has 1 aromatic rings. The molecule has 122 valence electrons. The zero-order chi connectivity index (χ0) is 15.7. The summed E-state index contributed by atoms with van der Waals surface area (Å²) in [4.78, 5) is 19.5. The second-order valence-corrected chi connectivity index (χ2v) is 7.74. The summed E-state index contributed by atoms with van der Waals surface area (Å²) >= 11 is 0. The fourth-order valence-corrected chi connectivity index (χ4v) is 3.58. The van der Waals surface area contributed by atoms with Crippen LogP contribution < -0.4 is 0 Å². The average molecular weight is 305 g/mol. The van der Waals surface area contributed by atoms with Crippen molar-refractivity contribution in [1.29, 1.82) is 0 Å². The quantitative estimate of drug-likeness (QED) is 0.841. The lowest BCUT2D eigenvalue weighted by Crippen LogP contribution is -2.38. The Labute approximate surface area is 132 Å². The smallest absolute Gasteiger partial charge is 0.230 e. The van der Waals surface area contributed by atoms with Gasteiger partial charge in [-0.15, -0.1) is 0 Å². The number of nitrogens with zero attached hydrogens (tertiary/aromatic N) is 3. The normalized spacial score (nSPS) is 26.4. The van der Waals surface area contributed by atoms with Crippen molar-refractivity contribution in [1.82, 2.24) is 15.0 Å². The Balaban J connectivity index is 1.80. The van der Waals surface area contributed by atoms with Gasteiger partial charge in [-0.3, -0.25) is 4.79 Å². The third kappa shape index (κ3) is 3.03. The van der Waals surface area contributed by atoms with Crippen LogP contribution in [0.15, 0.2) is 4.52 Å². The summed E-state index contributed by atoms with van der Waals surface area (Å²) in [6.07, 6.45) is 6.47. The van der Waals surface area contributed by atoms with Crippen LogP contribution in [0.2, 0.25) is 0 Å². The fraction of sp³-hybridized carbons (Fsp3) is 0.824. The van der Waals surface area contributed by atoms with E-state index in [1.165, 1.54) is 0 Å². The maximum Gasteiger partial charge on any atom is 0.230 e. The zero-order valence-electron chi connectivity index (χ0n) is 14.0. The molecule has 2 fully saturated rings. The van der Waals surface area contributed by atoms with E-state index in [0.717, 1.165) is 57.4 Å². The number of hydrogen-bond donors (Lipinski definition) is 0. The molecule has 5 heteroatoms. The molecule has 3 rings (SSSR count). The summed E-state index contributed by atoms with van der Waals surface area (Å²) in [6, 6.07) is 0. The maximum absolute atomic E-state index is 12.8. The van der Waals surface area contributed by atoms with Gasteiger partial charge in [-0.2, -0.15) is 4.98 Å². The van der Waals surface area contributed by atoms with Gasteiger partial charge in [0.15, 0.2) is 5.82 Å². The number of amides is 1. The van der Waals surface area contributed by atoms with Crippen molar-refractivity contribution in [2.24, 2.45) is 5.92 Å². The average Bonchev–Trinajstić information content (AvgIpc) is 3.17. The molecular weight excluding hydrogens is 278 g/mol. The minimum Gasteiger partial charge on any atom is -0.342 e.